The Kier molecular flexibility index (Phi) is 7.97. The summed E-state index contributed by atoms with van der Waals surface area (Å²) in [7, 11) is 0. The van der Waals surface area contributed by atoms with Gasteiger partial charge in [0.15, 0.2) is 0 Å². The zero-order valence-corrected chi connectivity index (χ0v) is 13.2. The third kappa shape index (κ3) is 8.25. The van der Waals surface area contributed by atoms with Crippen molar-refractivity contribution >= 4 is 18.0 Å². The normalized spacial score (nSPS) is 12.5. The fourth-order valence-corrected chi connectivity index (χ4v) is 2.34. The van der Waals surface area contributed by atoms with Crippen molar-refractivity contribution in [3.8, 4) is 0 Å². The van der Waals surface area contributed by atoms with E-state index >= 15 is 0 Å². The van der Waals surface area contributed by atoms with Gasteiger partial charge >= 0.3 is 11.9 Å². The van der Waals surface area contributed by atoms with Crippen LogP contribution < -0.4 is 0 Å². The van der Waals surface area contributed by atoms with Crippen LogP contribution in [-0.2, 0) is 14.3 Å². The molecule has 0 aliphatic carbocycles. The molecule has 120 valence electrons. The minimum Gasteiger partial charge on any atom is -0.481 e. The molecule has 0 aliphatic heterocycles. The number of rotatable bonds is 9. The van der Waals surface area contributed by atoms with Gasteiger partial charge in [-0.05, 0) is 29.9 Å². The molecule has 0 fully saturated rings. The second-order valence-corrected chi connectivity index (χ2v) is 5.79. The molecule has 1 atom stereocenters. The summed E-state index contributed by atoms with van der Waals surface area (Å²) in [6.45, 7) is 4.24. The van der Waals surface area contributed by atoms with Crippen molar-refractivity contribution in [3.05, 3.63) is 42.0 Å². The van der Waals surface area contributed by atoms with Crippen molar-refractivity contribution < 1.29 is 19.4 Å². The molecule has 0 saturated carbocycles. The Morgan fingerprint density at radius 1 is 1.18 bits per heavy atom. The molecule has 1 aromatic carbocycles. The predicted molar refractivity (Wildman–Crippen MR) is 86.2 cm³/mol. The van der Waals surface area contributed by atoms with Crippen LogP contribution in [0.2, 0.25) is 0 Å². The number of hydrogen-bond acceptors (Lipinski definition) is 3. The van der Waals surface area contributed by atoms with Crippen LogP contribution in [0.3, 0.4) is 0 Å². The highest BCUT2D eigenvalue weighted by molar-refractivity contribution is 5.72. The van der Waals surface area contributed by atoms with E-state index in [0.717, 1.165) is 5.56 Å². The number of ether oxygens (including phenoxy) is 1. The Labute approximate surface area is 131 Å². The third-order valence-corrected chi connectivity index (χ3v) is 3.17. The number of carboxylic acids is 1. The number of esters is 1. The fourth-order valence-electron chi connectivity index (χ4n) is 2.34. The Bertz CT molecular complexity index is 491. The molecule has 0 bridgehead atoms. The van der Waals surface area contributed by atoms with Gasteiger partial charge in [-0.15, -0.1) is 0 Å². The van der Waals surface area contributed by atoms with Crippen LogP contribution in [0.25, 0.3) is 6.08 Å². The maximum absolute atomic E-state index is 11.8. The van der Waals surface area contributed by atoms with E-state index in [1.807, 2.05) is 50.3 Å². The maximum atomic E-state index is 11.8. The van der Waals surface area contributed by atoms with Gasteiger partial charge in [-0.3, -0.25) is 9.59 Å². The lowest BCUT2D eigenvalue weighted by Crippen LogP contribution is -2.16. The summed E-state index contributed by atoms with van der Waals surface area (Å²) in [5, 5.41) is 8.89. The van der Waals surface area contributed by atoms with E-state index < -0.39 is 5.97 Å². The van der Waals surface area contributed by atoms with Crippen LogP contribution in [0, 0.1) is 11.8 Å². The average Bonchev–Trinajstić information content (AvgIpc) is 2.43. The molecule has 0 heterocycles. The van der Waals surface area contributed by atoms with Crippen LogP contribution in [-0.4, -0.2) is 23.7 Å². The van der Waals surface area contributed by atoms with Gasteiger partial charge in [0.25, 0.3) is 0 Å². The molecule has 0 saturated heterocycles. The Balaban J connectivity index is 2.36. The SMILES string of the molecule is CC(C)C[C@H](CC(=O)O)CC(=O)OC/C=C/c1ccccc1. The Morgan fingerprint density at radius 3 is 2.45 bits per heavy atom. The van der Waals surface area contributed by atoms with E-state index in [0.29, 0.717) is 12.3 Å². The zero-order chi connectivity index (χ0) is 16.4. The number of carboxylic acid groups (broad SMARTS) is 1. The van der Waals surface area contributed by atoms with Gasteiger partial charge < -0.3 is 9.84 Å². The molecule has 1 aromatic rings. The predicted octanol–water partition coefficient (Wildman–Crippen LogP) is 3.77. The summed E-state index contributed by atoms with van der Waals surface area (Å²) < 4.78 is 5.14. The van der Waals surface area contributed by atoms with Gasteiger partial charge in [0, 0.05) is 12.8 Å². The molecular formula is C18H24O4. The highest BCUT2D eigenvalue weighted by Gasteiger charge is 2.19. The second-order valence-electron chi connectivity index (χ2n) is 5.79. The van der Waals surface area contributed by atoms with Gasteiger partial charge in [0.2, 0.25) is 0 Å². The zero-order valence-electron chi connectivity index (χ0n) is 13.2. The molecule has 4 heteroatoms. The molecule has 4 nitrogen and oxygen atoms in total. The number of carbonyl (C=O) groups is 2. The average molecular weight is 304 g/mol. The van der Waals surface area contributed by atoms with Crippen LogP contribution >= 0.6 is 0 Å². The number of aliphatic carboxylic acids is 1. The van der Waals surface area contributed by atoms with Crippen molar-refractivity contribution in [2.45, 2.75) is 33.1 Å². The standard InChI is InChI=1S/C18H24O4/c1-14(2)11-16(12-17(19)20)13-18(21)22-10-6-9-15-7-4-3-5-8-15/h3-9,14,16H,10-13H2,1-2H3,(H,19,20)/b9-6+/t16-/m1/s1. The minimum absolute atomic E-state index is 0.00708. The van der Waals surface area contributed by atoms with Gasteiger partial charge in [-0.1, -0.05) is 50.3 Å². The molecule has 0 radical (unpaired) electrons. The molecule has 0 unspecified atom stereocenters. The fraction of sp³-hybridized carbons (Fsp3) is 0.444. The van der Waals surface area contributed by atoms with E-state index in [-0.39, 0.29) is 31.3 Å². The summed E-state index contributed by atoms with van der Waals surface area (Å²) in [5.41, 5.74) is 1.04. The van der Waals surface area contributed by atoms with E-state index in [1.54, 1.807) is 6.08 Å². The first kappa shape index (κ1) is 18.0. The first-order valence-electron chi connectivity index (χ1n) is 7.56. The maximum Gasteiger partial charge on any atom is 0.306 e. The van der Waals surface area contributed by atoms with Crippen molar-refractivity contribution in [3.63, 3.8) is 0 Å². The molecule has 0 aliphatic rings. The Morgan fingerprint density at radius 2 is 1.86 bits per heavy atom. The van der Waals surface area contributed by atoms with Gasteiger partial charge in [-0.25, -0.2) is 0 Å². The highest BCUT2D eigenvalue weighted by atomic mass is 16.5. The molecule has 1 N–H and O–H groups in total. The van der Waals surface area contributed by atoms with Crippen LogP contribution in [0.5, 0.6) is 0 Å². The second kappa shape index (κ2) is 9.77. The van der Waals surface area contributed by atoms with Crippen LogP contribution in [0.15, 0.2) is 36.4 Å². The van der Waals surface area contributed by atoms with E-state index in [2.05, 4.69) is 0 Å². The van der Waals surface area contributed by atoms with Crippen molar-refractivity contribution in [2.75, 3.05) is 6.61 Å². The van der Waals surface area contributed by atoms with E-state index in [1.165, 1.54) is 0 Å². The third-order valence-electron chi connectivity index (χ3n) is 3.17. The van der Waals surface area contributed by atoms with Crippen molar-refractivity contribution in [2.24, 2.45) is 11.8 Å². The number of carbonyl (C=O) groups excluding carboxylic acids is 1. The summed E-state index contributed by atoms with van der Waals surface area (Å²) in [4.78, 5) is 22.6. The number of benzene rings is 1. The first-order chi connectivity index (χ1) is 10.5. The summed E-state index contributed by atoms with van der Waals surface area (Å²) >= 11 is 0. The van der Waals surface area contributed by atoms with E-state index in [4.69, 9.17) is 9.84 Å². The highest BCUT2D eigenvalue weighted by Crippen LogP contribution is 2.19. The smallest absolute Gasteiger partial charge is 0.306 e. The van der Waals surface area contributed by atoms with Gasteiger partial charge in [0.1, 0.15) is 6.61 Å². The molecular weight excluding hydrogens is 280 g/mol. The molecule has 22 heavy (non-hydrogen) atoms. The van der Waals surface area contributed by atoms with Crippen LogP contribution in [0.4, 0.5) is 0 Å². The summed E-state index contributed by atoms with van der Waals surface area (Å²) in [5.74, 6) is -1.02. The topological polar surface area (TPSA) is 63.6 Å². The van der Waals surface area contributed by atoms with Crippen molar-refractivity contribution in [1.29, 1.82) is 0 Å². The minimum atomic E-state index is -0.873. The molecule has 0 aromatic heterocycles. The molecule has 0 amide bonds. The Hall–Kier alpha value is -2.10. The lowest BCUT2D eigenvalue weighted by molar-refractivity contribution is -0.144. The monoisotopic (exact) mass is 304 g/mol. The van der Waals surface area contributed by atoms with E-state index in [9.17, 15) is 9.59 Å². The summed E-state index contributed by atoms with van der Waals surface area (Å²) in [6, 6.07) is 9.74. The lowest BCUT2D eigenvalue weighted by Gasteiger charge is -2.15. The quantitative estimate of drug-likeness (QED) is 0.705. The first-order valence-corrected chi connectivity index (χ1v) is 7.56. The van der Waals surface area contributed by atoms with Gasteiger partial charge in [-0.2, -0.15) is 0 Å². The lowest BCUT2D eigenvalue weighted by atomic mass is 9.91. The van der Waals surface area contributed by atoms with Crippen LogP contribution in [0.1, 0.15) is 38.7 Å². The largest absolute Gasteiger partial charge is 0.481 e. The molecule has 0 spiro atoms. The number of hydrogen-bond donors (Lipinski definition) is 1. The van der Waals surface area contributed by atoms with Crippen molar-refractivity contribution in [1.82, 2.24) is 0 Å². The summed E-state index contributed by atoms with van der Waals surface area (Å²) in [6.07, 6.45) is 4.54. The van der Waals surface area contributed by atoms with Gasteiger partial charge in [0.05, 0.1) is 0 Å². The molecule has 1 rings (SSSR count).